The lowest BCUT2D eigenvalue weighted by atomic mass is 9.95. The van der Waals surface area contributed by atoms with Crippen LogP contribution in [-0.2, 0) is 4.79 Å². The predicted octanol–water partition coefficient (Wildman–Crippen LogP) is 1.07. The summed E-state index contributed by atoms with van der Waals surface area (Å²) in [6, 6.07) is 9.64. The number of nitrogens with one attached hydrogen (secondary N) is 1. The minimum absolute atomic E-state index is 0.0918. The van der Waals surface area contributed by atoms with Gasteiger partial charge in [-0.05, 0) is 22.4 Å². The molecule has 0 spiro atoms. The maximum atomic E-state index is 11.2. The average molecular weight is 303 g/mol. The Morgan fingerprint density at radius 1 is 1.09 bits per heavy atom. The van der Waals surface area contributed by atoms with Crippen molar-refractivity contribution >= 4 is 22.6 Å². The first-order valence-corrected chi connectivity index (χ1v) is 6.77. The molecule has 0 aliphatic heterocycles. The number of hydrogen-bond donors (Lipinski definition) is 4. The highest BCUT2D eigenvalue weighted by Gasteiger charge is 2.21. The second-order valence-electron chi connectivity index (χ2n) is 5.00. The first-order valence-electron chi connectivity index (χ1n) is 6.77. The van der Waals surface area contributed by atoms with Crippen molar-refractivity contribution in [2.45, 2.75) is 19.1 Å². The van der Waals surface area contributed by atoms with E-state index in [4.69, 9.17) is 0 Å². The molecule has 116 valence electrons. The van der Waals surface area contributed by atoms with E-state index < -0.39 is 18.2 Å². The van der Waals surface area contributed by atoms with Gasteiger partial charge in [-0.15, -0.1) is 0 Å². The summed E-state index contributed by atoms with van der Waals surface area (Å²) in [5, 5.41) is 32.9. The summed E-state index contributed by atoms with van der Waals surface area (Å²) < 4.78 is 0. The van der Waals surface area contributed by atoms with Gasteiger partial charge in [-0.3, -0.25) is 4.79 Å². The fourth-order valence-electron chi connectivity index (χ4n) is 2.35. The summed E-state index contributed by atoms with van der Waals surface area (Å²) >= 11 is 0. The van der Waals surface area contributed by atoms with Crippen molar-refractivity contribution < 1.29 is 24.9 Å². The van der Waals surface area contributed by atoms with Gasteiger partial charge in [0.2, 0.25) is 5.91 Å². The largest absolute Gasteiger partial charge is 0.478 e. The van der Waals surface area contributed by atoms with Crippen molar-refractivity contribution in [3.63, 3.8) is 0 Å². The van der Waals surface area contributed by atoms with E-state index >= 15 is 0 Å². The number of aliphatic hydroxyl groups excluding tert-OH is 2. The van der Waals surface area contributed by atoms with Crippen molar-refractivity contribution in [2.24, 2.45) is 0 Å². The van der Waals surface area contributed by atoms with Crippen LogP contribution in [0, 0.1) is 0 Å². The summed E-state index contributed by atoms with van der Waals surface area (Å²) in [5.41, 5.74) is 0.543. The van der Waals surface area contributed by atoms with Crippen LogP contribution in [0.25, 0.3) is 10.8 Å². The van der Waals surface area contributed by atoms with Gasteiger partial charge < -0.3 is 20.6 Å². The molecule has 0 bridgehead atoms. The fourth-order valence-corrected chi connectivity index (χ4v) is 2.35. The van der Waals surface area contributed by atoms with Crippen molar-refractivity contribution in [1.29, 1.82) is 0 Å². The van der Waals surface area contributed by atoms with Gasteiger partial charge in [-0.1, -0.05) is 30.3 Å². The predicted molar refractivity (Wildman–Crippen MR) is 80.6 cm³/mol. The van der Waals surface area contributed by atoms with Crippen LogP contribution in [0.4, 0.5) is 0 Å². The van der Waals surface area contributed by atoms with E-state index in [1.807, 2.05) is 0 Å². The van der Waals surface area contributed by atoms with Crippen LogP contribution in [0.2, 0.25) is 0 Å². The van der Waals surface area contributed by atoms with E-state index in [1.54, 1.807) is 30.3 Å². The topological polar surface area (TPSA) is 107 Å². The molecule has 0 aliphatic rings. The molecule has 2 aromatic rings. The summed E-state index contributed by atoms with van der Waals surface area (Å²) in [7, 11) is 0. The third-order valence-corrected chi connectivity index (χ3v) is 3.43. The summed E-state index contributed by atoms with van der Waals surface area (Å²) in [5.74, 6) is -1.37. The zero-order valence-electron chi connectivity index (χ0n) is 12.0. The van der Waals surface area contributed by atoms with Gasteiger partial charge in [0.05, 0.1) is 5.56 Å². The number of aromatic carboxylic acids is 1. The zero-order valence-corrected chi connectivity index (χ0v) is 12.0. The zero-order chi connectivity index (χ0) is 16.3. The Kier molecular flexibility index (Phi) is 4.75. The molecule has 2 atom stereocenters. The number of hydrogen-bond acceptors (Lipinski definition) is 4. The number of amides is 1. The molecule has 0 aliphatic carbocycles. The van der Waals surface area contributed by atoms with E-state index in [0.717, 1.165) is 0 Å². The molecule has 2 unspecified atom stereocenters. The molecule has 6 heteroatoms. The van der Waals surface area contributed by atoms with Crippen LogP contribution in [0.15, 0.2) is 36.4 Å². The highest BCUT2D eigenvalue weighted by atomic mass is 16.4. The minimum Gasteiger partial charge on any atom is -0.478 e. The Morgan fingerprint density at radius 3 is 2.36 bits per heavy atom. The van der Waals surface area contributed by atoms with Gasteiger partial charge in [-0.2, -0.15) is 0 Å². The van der Waals surface area contributed by atoms with Crippen molar-refractivity contribution in [3.05, 3.63) is 47.5 Å². The number of fused-ring (bicyclic) bond motifs is 1. The highest BCUT2D eigenvalue weighted by Crippen LogP contribution is 2.28. The number of aliphatic hydroxyl groups is 2. The molecule has 0 heterocycles. The van der Waals surface area contributed by atoms with E-state index in [0.29, 0.717) is 16.3 Å². The lowest BCUT2D eigenvalue weighted by Gasteiger charge is -2.20. The minimum atomic E-state index is -1.24. The molecule has 22 heavy (non-hydrogen) atoms. The first kappa shape index (κ1) is 15.9. The molecule has 1 amide bonds. The molecule has 4 N–H and O–H groups in total. The third kappa shape index (κ3) is 3.24. The van der Waals surface area contributed by atoms with Crippen molar-refractivity contribution in [2.75, 3.05) is 6.54 Å². The van der Waals surface area contributed by atoms with Crippen LogP contribution in [0.5, 0.6) is 0 Å². The van der Waals surface area contributed by atoms with Crippen LogP contribution < -0.4 is 5.32 Å². The number of carboxylic acid groups (broad SMARTS) is 1. The molecule has 0 radical (unpaired) electrons. The molecule has 0 saturated heterocycles. The van der Waals surface area contributed by atoms with E-state index in [-0.39, 0.29) is 18.0 Å². The van der Waals surface area contributed by atoms with E-state index in [1.165, 1.54) is 13.0 Å². The van der Waals surface area contributed by atoms with Crippen LogP contribution in [0.1, 0.15) is 28.9 Å². The molecule has 0 saturated carbocycles. The Balaban J connectivity index is 2.41. The van der Waals surface area contributed by atoms with Crippen LogP contribution in [0.3, 0.4) is 0 Å². The van der Waals surface area contributed by atoms with Gasteiger partial charge in [-0.25, -0.2) is 4.79 Å². The second kappa shape index (κ2) is 6.55. The molecule has 0 aromatic heterocycles. The van der Waals surface area contributed by atoms with Gasteiger partial charge >= 0.3 is 5.97 Å². The number of carbonyl (C=O) groups is 2. The maximum absolute atomic E-state index is 11.2. The normalized spacial score (nSPS) is 13.6. The Bertz CT molecular complexity index is 713. The molecule has 2 rings (SSSR count). The van der Waals surface area contributed by atoms with Gasteiger partial charge in [0.25, 0.3) is 0 Å². The van der Waals surface area contributed by atoms with E-state index in [2.05, 4.69) is 5.32 Å². The number of rotatable bonds is 5. The smallest absolute Gasteiger partial charge is 0.336 e. The monoisotopic (exact) mass is 303 g/mol. The Hall–Kier alpha value is -2.44. The maximum Gasteiger partial charge on any atom is 0.336 e. The Labute approximate surface area is 127 Å². The van der Waals surface area contributed by atoms with Gasteiger partial charge in [0.15, 0.2) is 0 Å². The summed E-state index contributed by atoms with van der Waals surface area (Å²) in [4.78, 5) is 22.1. The number of carbonyl (C=O) groups excluding carboxylic acids is 1. The van der Waals surface area contributed by atoms with Crippen molar-refractivity contribution in [3.8, 4) is 0 Å². The average Bonchev–Trinajstić information content (AvgIpc) is 2.50. The first-order chi connectivity index (χ1) is 10.4. The standard InChI is InChI=1S/C16H17NO5/c1-9(18)17-8-14(19)15(20)12-6-2-5-11-10(12)4-3-7-13(11)16(21)22/h2-7,14-15,19-20H,8H2,1H3,(H,17,18)(H,21,22). The molecular weight excluding hydrogens is 286 g/mol. The van der Waals surface area contributed by atoms with Gasteiger partial charge in [0.1, 0.15) is 12.2 Å². The highest BCUT2D eigenvalue weighted by molar-refractivity contribution is 6.04. The van der Waals surface area contributed by atoms with Crippen molar-refractivity contribution in [1.82, 2.24) is 5.32 Å². The molecule has 2 aromatic carbocycles. The van der Waals surface area contributed by atoms with Crippen LogP contribution in [-0.4, -0.2) is 39.8 Å². The lowest BCUT2D eigenvalue weighted by Crippen LogP contribution is -2.34. The third-order valence-electron chi connectivity index (χ3n) is 3.43. The molecule has 0 fully saturated rings. The molecule has 6 nitrogen and oxygen atoms in total. The Morgan fingerprint density at radius 2 is 1.73 bits per heavy atom. The van der Waals surface area contributed by atoms with E-state index in [9.17, 15) is 24.9 Å². The summed E-state index contributed by atoms with van der Waals surface area (Å²) in [6.45, 7) is 1.22. The lowest BCUT2D eigenvalue weighted by molar-refractivity contribution is -0.119. The van der Waals surface area contributed by atoms with Gasteiger partial charge in [0, 0.05) is 13.5 Å². The quantitative estimate of drug-likeness (QED) is 0.661. The van der Waals surface area contributed by atoms with Crippen LogP contribution >= 0.6 is 0 Å². The second-order valence-corrected chi connectivity index (χ2v) is 5.00. The molecular formula is C16H17NO5. The summed E-state index contributed by atoms with van der Waals surface area (Å²) in [6.07, 6.45) is -2.43. The number of carboxylic acids is 1. The fraction of sp³-hybridized carbons (Fsp3) is 0.250. The number of benzene rings is 2. The SMILES string of the molecule is CC(=O)NCC(O)C(O)c1cccc2c(C(=O)O)cccc12.